The predicted molar refractivity (Wildman–Crippen MR) is 84.4 cm³/mol. The maximum absolute atomic E-state index is 5.36. The van der Waals surface area contributed by atoms with E-state index in [1.807, 2.05) is 18.2 Å². The van der Waals surface area contributed by atoms with Gasteiger partial charge < -0.3 is 14.8 Å². The molecule has 0 aliphatic carbocycles. The van der Waals surface area contributed by atoms with Crippen molar-refractivity contribution in [2.24, 2.45) is 0 Å². The predicted octanol–water partition coefficient (Wildman–Crippen LogP) is 2.82. The van der Waals surface area contributed by atoms with Gasteiger partial charge in [-0.15, -0.1) is 5.10 Å². The Labute approximate surface area is 129 Å². The van der Waals surface area contributed by atoms with E-state index in [4.69, 9.17) is 9.47 Å². The van der Waals surface area contributed by atoms with Gasteiger partial charge in [0.15, 0.2) is 0 Å². The Morgan fingerprint density at radius 1 is 1.14 bits per heavy atom. The summed E-state index contributed by atoms with van der Waals surface area (Å²) >= 11 is 1.44. The molecule has 0 radical (unpaired) electrons. The van der Waals surface area contributed by atoms with Crippen LogP contribution in [-0.2, 0) is 6.42 Å². The summed E-state index contributed by atoms with van der Waals surface area (Å²) < 4.78 is 14.8. The zero-order valence-electron chi connectivity index (χ0n) is 12.8. The number of benzene rings is 1. The zero-order valence-corrected chi connectivity index (χ0v) is 13.7. The zero-order chi connectivity index (χ0) is 15.2. The van der Waals surface area contributed by atoms with Gasteiger partial charge in [-0.3, -0.25) is 0 Å². The molecule has 114 valence electrons. The minimum absolute atomic E-state index is 0.0500. The Kier molecular flexibility index (Phi) is 5.52. The summed E-state index contributed by atoms with van der Waals surface area (Å²) in [4.78, 5) is 1.15. The van der Waals surface area contributed by atoms with Crippen LogP contribution in [-0.4, -0.2) is 30.4 Å². The highest BCUT2D eigenvalue weighted by Crippen LogP contribution is 2.32. The molecule has 5 nitrogen and oxygen atoms in total. The number of rotatable bonds is 7. The SMILES string of the molecule is CCNC(c1cc(OC)cc(OC)c1)c1snnc1CC. The van der Waals surface area contributed by atoms with Crippen LogP contribution >= 0.6 is 11.5 Å². The number of nitrogens with one attached hydrogen (secondary N) is 1. The van der Waals surface area contributed by atoms with Gasteiger partial charge in [0.25, 0.3) is 0 Å². The third-order valence-corrected chi connectivity index (χ3v) is 4.13. The lowest BCUT2D eigenvalue weighted by atomic mass is 10.0. The van der Waals surface area contributed by atoms with Crippen LogP contribution in [0.4, 0.5) is 0 Å². The Hall–Kier alpha value is -1.66. The number of methoxy groups -OCH3 is 2. The first-order chi connectivity index (χ1) is 10.2. The molecule has 0 saturated carbocycles. The fourth-order valence-corrected chi connectivity index (χ4v) is 3.08. The van der Waals surface area contributed by atoms with E-state index in [1.165, 1.54) is 11.5 Å². The van der Waals surface area contributed by atoms with Crippen molar-refractivity contribution in [1.82, 2.24) is 14.9 Å². The Morgan fingerprint density at radius 2 is 1.81 bits per heavy atom. The van der Waals surface area contributed by atoms with Crippen LogP contribution < -0.4 is 14.8 Å². The molecule has 0 fully saturated rings. The first kappa shape index (κ1) is 15.7. The number of ether oxygens (including phenoxy) is 2. The van der Waals surface area contributed by atoms with Gasteiger partial charge in [0, 0.05) is 6.07 Å². The van der Waals surface area contributed by atoms with E-state index < -0.39 is 0 Å². The minimum Gasteiger partial charge on any atom is -0.497 e. The van der Waals surface area contributed by atoms with E-state index in [1.54, 1.807) is 14.2 Å². The summed E-state index contributed by atoms with van der Waals surface area (Å²) in [5, 5.41) is 7.71. The van der Waals surface area contributed by atoms with Crippen LogP contribution in [0.25, 0.3) is 0 Å². The Balaban J connectivity index is 2.47. The van der Waals surface area contributed by atoms with Gasteiger partial charge >= 0.3 is 0 Å². The summed E-state index contributed by atoms with van der Waals surface area (Å²) in [5.74, 6) is 1.56. The van der Waals surface area contributed by atoms with Crippen molar-refractivity contribution in [3.05, 3.63) is 34.3 Å². The molecule has 0 aliphatic rings. The van der Waals surface area contributed by atoms with Crippen molar-refractivity contribution >= 4 is 11.5 Å². The highest BCUT2D eigenvalue weighted by atomic mass is 32.1. The molecule has 6 heteroatoms. The molecule has 2 aromatic rings. The second kappa shape index (κ2) is 7.38. The summed E-state index contributed by atoms with van der Waals surface area (Å²) in [6.07, 6.45) is 0.870. The summed E-state index contributed by atoms with van der Waals surface area (Å²) in [6.45, 7) is 5.03. The molecular weight excluding hydrogens is 286 g/mol. The number of hydrogen-bond acceptors (Lipinski definition) is 6. The summed E-state index contributed by atoms with van der Waals surface area (Å²) in [7, 11) is 3.32. The van der Waals surface area contributed by atoms with E-state index in [2.05, 4.69) is 28.8 Å². The molecule has 2 rings (SSSR count). The largest absolute Gasteiger partial charge is 0.497 e. The van der Waals surface area contributed by atoms with Crippen molar-refractivity contribution < 1.29 is 9.47 Å². The highest BCUT2D eigenvalue weighted by molar-refractivity contribution is 7.05. The van der Waals surface area contributed by atoms with E-state index in [9.17, 15) is 0 Å². The van der Waals surface area contributed by atoms with Gasteiger partial charge in [0.1, 0.15) is 11.5 Å². The van der Waals surface area contributed by atoms with Gasteiger partial charge in [0.2, 0.25) is 0 Å². The Morgan fingerprint density at radius 3 is 2.33 bits per heavy atom. The van der Waals surface area contributed by atoms with Crippen molar-refractivity contribution in [3.8, 4) is 11.5 Å². The molecule has 0 aliphatic heterocycles. The topological polar surface area (TPSA) is 56.3 Å². The molecule has 0 bridgehead atoms. The van der Waals surface area contributed by atoms with E-state index in [0.29, 0.717) is 0 Å². The van der Waals surface area contributed by atoms with Crippen LogP contribution in [0, 0.1) is 0 Å². The third-order valence-electron chi connectivity index (χ3n) is 3.30. The van der Waals surface area contributed by atoms with Gasteiger partial charge in [-0.2, -0.15) is 0 Å². The van der Waals surface area contributed by atoms with Crippen molar-refractivity contribution in [2.45, 2.75) is 26.3 Å². The molecule has 0 amide bonds. The average molecular weight is 307 g/mol. The van der Waals surface area contributed by atoms with Gasteiger partial charge in [-0.1, -0.05) is 18.3 Å². The second-order valence-corrected chi connectivity index (χ2v) is 5.36. The number of aromatic nitrogens is 2. The molecule has 0 saturated heterocycles. The minimum atomic E-state index is 0.0500. The fraction of sp³-hybridized carbons (Fsp3) is 0.467. The monoisotopic (exact) mass is 307 g/mol. The van der Waals surface area contributed by atoms with Crippen LogP contribution in [0.15, 0.2) is 18.2 Å². The highest BCUT2D eigenvalue weighted by Gasteiger charge is 2.21. The maximum Gasteiger partial charge on any atom is 0.122 e. The van der Waals surface area contributed by atoms with Crippen LogP contribution in [0.5, 0.6) is 11.5 Å². The molecule has 0 spiro atoms. The number of nitrogens with zero attached hydrogens (tertiary/aromatic N) is 2. The van der Waals surface area contributed by atoms with E-state index >= 15 is 0 Å². The van der Waals surface area contributed by atoms with Gasteiger partial charge in [-0.25, -0.2) is 0 Å². The molecule has 1 heterocycles. The quantitative estimate of drug-likeness (QED) is 0.852. The van der Waals surface area contributed by atoms with Gasteiger partial charge in [0.05, 0.1) is 30.8 Å². The molecule has 1 atom stereocenters. The lowest BCUT2D eigenvalue weighted by Gasteiger charge is -2.19. The molecular formula is C15H21N3O2S. The molecule has 1 aromatic carbocycles. The molecule has 1 unspecified atom stereocenters. The molecule has 21 heavy (non-hydrogen) atoms. The first-order valence-corrected chi connectivity index (χ1v) is 7.78. The number of hydrogen-bond donors (Lipinski definition) is 1. The van der Waals surface area contributed by atoms with Crippen molar-refractivity contribution in [1.29, 1.82) is 0 Å². The van der Waals surface area contributed by atoms with Crippen LogP contribution in [0.2, 0.25) is 0 Å². The van der Waals surface area contributed by atoms with Crippen LogP contribution in [0.1, 0.15) is 36.0 Å². The Bertz CT molecular complexity index is 564. The summed E-state index contributed by atoms with van der Waals surface area (Å²) in [6, 6.07) is 5.97. The maximum atomic E-state index is 5.36. The standard InChI is InChI=1S/C15H21N3O2S/c1-5-13-15(21-18-17-13)14(16-6-2)10-7-11(19-3)9-12(8-10)20-4/h7-9,14,16H,5-6H2,1-4H3. The van der Waals surface area contributed by atoms with Crippen molar-refractivity contribution in [3.63, 3.8) is 0 Å². The smallest absolute Gasteiger partial charge is 0.122 e. The lowest BCUT2D eigenvalue weighted by molar-refractivity contribution is 0.392. The fourth-order valence-electron chi connectivity index (χ4n) is 2.24. The summed E-state index contributed by atoms with van der Waals surface area (Å²) in [5.41, 5.74) is 2.13. The van der Waals surface area contributed by atoms with E-state index in [0.717, 1.165) is 40.6 Å². The normalized spacial score (nSPS) is 12.2. The average Bonchev–Trinajstić information content (AvgIpc) is 3.00. The number of aryl methyl sites for hydroxylation is 1. The van der Waals surface area contributed by atoms with E-state index in [-0.39, 0.29) is 6.04 Å². The second-order valence-electron chi connectivity index (χ2n) is 4.57. The molecule has 1 N–H and O–H groups in total. The molecule has 1 aromatic heterocycles. The van der Waals surface area contributed by atoms with Gasteiger partial charge in [-0.05, 0) is 42.2 Å². The lowest BCUT2D eigenvalue weighted by Crippen LogP contribution is -2.22. The third kappa shape index (κ3) is 3.51. The van der Waals surface area contributed by atoms with Crippen molar-refractivity contribution in [2.75, 3.05) is 20.8 Å². The van der Waals surface area contributed by atoms with Crippen LogP contribution in [0.3, 0.4) is 0 Å². The first-order valence-electron chi connectivity index (χ1n) is 7.00.